The molecule has 0 spiro atoms. The Morgan fingerprint density at radius 1 is 0.882 bits per heavy atom. The number of hydrogen-bond acceptors (Lipinski definition) is 2. The molecule has 0 aliphatic rings. The molecule has 5 heteroatoms. The lowest BCUT2D eigenvalue weighted by Crippen LogP contribution is -1.90. The summed E-state index contributed by atoms with van der Waals surface area (Å²) in [5, 5.41) is 0. The number of rotatable bonds is 2. The van der Waals surface area contributed by atoms with Gasteiger partial charge in [-0.05, 0) is 36.4 Å². The molecule has 0 amide bonds. The Balaban J connectivity index is 2.28. The van der Waals surface area contributed by atoms with Gasteiger partial charge in [0, 0.05) is 15.5 Å². The van der Waals surface area contributed by atoms with Gasteiger partial charge in [0.15, 0.2) is 11.6 Å². The van der Waals surface area contributed by atoms with Crippen LogP contribution in [0, 0.1) is 17.5 Å². The number of benzene rings is 2. The van der Waals surface area contributed by atoms with E-state index in [1.54, 1.807) is 0 Å². The highest BCUT2D eigenvalue weighted by Gasteiger charge is 2.06. The van der Waals surface area contributed by atoms with Crippen LogP contribution in [-0.4, -0.2) is 0 Å². The number of nitrogens with two attached hydrogens (primary N) is 1. The van der Waals surface area contributed by atoms with Crippen molar-refractivity contribution in [2.45, 2.75) is 9.79 Å². The summed E-state index contributed by atoms with van der Waals surface area (Å²) >= 11 is 1.15. The fourth-order valence-electron chi connectivity index (χ4n) is 1.28. The molecule has 0 aromatic heterocycles. The van der Waals surface area contributed by atoms with Gasteiger partial charge in [0.2, 0.25) is 0 Å². The molecule has 2 aromatic rings. The average molecular weight is 255 g/mol. The molecule has 0 radical (unpaired) electrons. The molecular weight excluding hydrogens is 247 g/mol. The van der Waals surface area contributed by atoms with E-state index in [1.165, 1.54) is 24.3 Å². The molecule has 0 saturated carbocycles. The van der Waals surface area contributed by atoms with Gasteiger partial charge in [-0.2, -0.15) is 0 Å². The first-order valence-corrected chi connectivity index (χ1v) is 5.56. The van der Waals surface area contributed by atoms with Gasteiger partial charge in [-0.3, -0.25) is 0 Å². The predicted molar refractivity (Wildman–Crippen MR) is 61.3 cm³/mol. The molecule has 0 aliphatic carbocycles. The molecule has 0 saturated heterocycles. The molecule has 0 aliphatic heterocycles. The first-order chi connectivity index (χ1) is 8.06. The Morgan fingerprint density at radius 3 is 2.29 bits per heavy atom. The maximum Gasteiger partial charge on any atom is 0.159 e. The van der Waals surface area contributed by atoms with E-state index < -0.39 is 17.5 Å². The molecule has 2 N–H and O–H groups in total. The van der Waals surface area contributed by atoms with Gasteiger partial charge >= 0.3 is 0 Å². The van der Waals surface area contributed by atoms with Crippen LogP contribution in [0.3, 0.4) is 0 Å². The zero-order chi connectivity index (χ0) is 12.4. The smallest absolute Gasteiger partial charge is 0.159 e. The Morgan fingerprint density at radius 2 is 1.65 bits per heavy atom. The second kappa shape index (κ2) is 4.71. The minimum absolute atomic E-state index is 0.264. The minimum atomic E-state index is -0.921. The Hall–Kier alpha value is -1.62. The standard InChI is InChI=1S/C12H8F3NS/c13-7-1-4-12(11(16)5-7)17-8-2-3-9(14)10(15)6-8/h1-6H,16H2. The van der Waals surface area contributed by atoms with Gasteiger partial charge in [-0.1, -0.05) is 11.8 Å². The van der Waals surface area contributed by atoms with Crippen molar-refractivity contribution in [3.63, 3.8) is 0 Å². The second-order valence-corrected chi connectivity index (χ2v) is 4.48. The van der Waals surface area contributed by atoms with E-state index >= 15 is 0 Å². The Labute approximate surface area is 100 Å². The lowest BCUT2D eigenvalue weighted by molar-refractivity contribution is 0.506. The summed E-state index contributed by atoms with van der Waals surface area (Å²) in [4.78, 5) is 1.10. The van der Waals surface area contributed by atoms with Crippen LogP contribution in [-0.2, 0) is 0 Å². The molecule has 17 heavy (non-hydrogen) atoms. The quantitative estimate of drug-likeness (QED) is 0.825. The first-order valence-electron chi connectivity index (χ1n) is 4.74. The summed E-state index contributed by atoms with van der Waals surface area (Å²) in [7, 11) is 0. The lowest BCUT2D eigenvalue weighted by Gasteiger charge is -2.05. The van der Waals surface area contributed by atoms with E-state index in [2.05, 4.69) is 0 Å². The molecule has 1 nitrogen and oxygen atoms in total. The second-order valence-electron chi connectivity index (χ2n) is 3.36. The Kier molecular flexibility index (Phi) is 3.28. The maximum atomic E-state index is 13.0. The Bertz CT molecular complexity index is 557. The highest BCUT2D eigenvalue weighted by Crippen LogP contribution is 2.32. The molecule has 0 fully saturated rings. The SMILES string of the molecule is Nc1cc(F)ccc1Sc1ccc(F)c(F)c1. The third kappa shape index (κ3) is 2.74. The average Bonchev–Trinajstić information content (AvgIpc) is 2.27. The summed E-state index contributed by atoms with van der Waals surface area (Å²) in [5.74, 6) is -2.26. The van der Waals surface area contributed by atoms with E-state index in [0.29, 0.717) is 9.79 Å². The van der Waals surface area contributed by atoms with Crippen molar-refractivity contribution >= 4 is 17.4 Å². The summed E-state index contributed by atoms with van der Waals surface area (Å²) in [5.41, 5.74) is 5.87. The van der Waals surface area contributed by atoms with Crippen LogP contribution in [0.4, 0.5) is 18.9 Å². The molecule has 0 heterocycles. The van der Waals surface area contributed by atoms with E-state index in [-0.39, 0.29) is 5.69 Å². The summed E-state index contributed by atoms with van der Waals surface area (Å²) < 4.78 is 38.5. The molecule has 88 valence electrons. The van der Waals surface area contributed by atoms with Crippen molar-refractivity contribution in [3.05, 3.63) is 53.8 Å². The minimum Gasteiger partial charge on any atom is -0.398 e. The van der Waals surface area contributed by atoms with Crippen LogP contribution in [0.25, 0.3) is 0 Å². The molecular formula is C12H8F3NS. The normalized spacial score (nSPS) is 10.5. The van der Waals surface area contributed by atoms with Crippen LogP contribution >= 0.6 is 11.8 Å². The number of nitrogen functional groups attached to an aromatic ring is 1. The van der Waals surface area contributed by atoms with E-state index in [1.807, 2.05) is 0 Å². The third-order valence-corrected chi connectivity index (χ3v) is 3.17. The highest BCUT2D eigenvalue weighted by atomic mass is 32.2. The van der Waals surface area contributed by atoms with Gasteiger partial charge in [-0.25, -0.2) is 13.2 Å². The fraction of sp³-hybridized carbons (Fsp3) is 0. The molecule has 0 bridgehead atoms. The van der Waals surface area contributed by atoms with Crippen LogP contribution in [0.15, 0.2) is 46.2 Å². The van der Waals surface area contributed by atoms with Gasteiger partial charge < -0.3 is 5.73 Å². The van der Waals surface area contributed by atoms with Crippen LogP contribution < -0.4 is 5.73 Å². The summed E-state index contributed by atoms with van der Waals surface area (Å²) in [6.07, 6.45) is 0. The van der Waals surface area contributed by atoms with Gasteiger partial charge in [-0.15, -0.1) is 0 Å². The van der Waals surface area contributed by atoms with E-state index in [0.717, 1.165) is 23.9 Å². The number of halogens is 3. The topological polar surface area (TPSA) is 26.0 Å². The maximum absolute atomic E-state index is 13.0. The summed E-state index contributed by atoms with van der Waals surface area (Å²) in [6, 6.07) is 7.49. The van der Waals surface area contributed by atoms with Gasteiger partial charge in [0.1, 0.15) is 5.82 Å². The monoisotopic (exact) mass is 255 g/mol. The molecule has 2 rings (SSSR count). The van der Waals surface area contributed by atoms with Crippen molar-refractivity contribution < 1.29 is 13.2 Å². The lowest BCUT2D eigenvalue weighted by atomic mass is 10.3. The van der Waals surface area contributed by atoms with E-state index in [9.17, 15) is 13.2 Å². The molecule has 2 aromatic carbocycles. The van der Waals surface area contributed by atoms with Crippen molar-refractivity contribution in [3.8, 4) is 0 Å². The number of anilines is 1. The zero-order valence-electron chi connectivity index (χ0n) is 8.58. The van der Waals surface area contributed by atoms with Crippen LogP contribution in [0.1, 0.15) is 0 Å². The summed E-state index contributed by atoms with van der Waals surface area (Å²) in [6.45, 7) is 0. The van der Waals surface area contributed by atoms with Crippen LogP contribution in [0.2, 0.25) is 0 Å². The van der Waals surface area contributed by atoms with Crippen molar-refractivity contribution in [1.82, 2.24) is 0 Å². The fourth-order valence-corrected chi connectivity index (χ4v) is 2.14. The van der Waals surface area contributed by atoms with Gasteiger partial charge in [0.05, 0.1) is 0 Å². The molecule has 0 atom stereocenters. The van der Waals surface area contributed by atoms with Crippen LogP contribution in [0.5, 0.6) is 0 Å². The van der Waals surface area contributed by atoms with E-state index in [4.69, 9.17) is 5.73 Å². The van der Waals surface area contributed by atoms with Crippen molar-refractivity contribution in [2.24, 2.45) is 0 Å². The third-order valence-electron chi connectivity index (χ3n) is 2.09. The van der Waals surface area contributed by atoms with Crippen molar-refractivity contribution in [2.75, 3.05) is 5.73 Å². The predicted octanol–water partition coefficient (Wildman–Crippen LogP) is 3.84. The largest absolute Gasteiger partial charge is 0.398 e. The van der Waals surface area contributed by atoms with Gasteiger partial charge in [0.25, 0.3) is 0 Å². The van der Waals surface area contributed by atoms with Crippen molar-refractivity contribution in [1.29, 1.82) is 0 Å². The molecule has 0 unspecified atom stereocenters. The highest BCUT2D eigenvalue weighted by molar-refractivity contribution is 7.99. The zero-order valence-corrected chi connectivity index (χ0v) is 9.40. The first kappa shape index (κ1) is 11.9. The number of hydrogen-bond donors (Lipinski definition) is 1.